The van der Waals surface area contributed by atoms with Crippen LogP contribution in [0.4, 0.5) is 4.39 Å². The number of aliphatic carboxylic acids is 1. The molecule has 0 saturated carbocycles. The maximum Gasteiger partial charge on any atom is 0.335 e. The number of hydrogen-bond donors (Lipinski definition) is 1. The van der Waals surface area contributed by atoms with Crippen molar-refractivity contribution >= 4 is 17.6 Å². The lowest BCUT2D eigenvalue weighted by atomic mass is 10.2. The zero-order valence-electron chi connectivity index (χ0n) is 6.91. The zero-order valence-corrected chi connectivity index (χ0v) is 7.67. The molecule has 0 spiro atoms. The highest BCUT2D eigenvalue weighted by molar-refractivity contribution is 6.17. The summed E-state index contributed by atoms with van der Waals surface area (Å²) in [5, 5.41) is 7.35. The van der Waals surface area contributed by atoms with Gasteiger partial charge in [0.15, 0.2) is 6.67 Å². The normalized spacial score (nSPS) is 8.46. The van der Waals surface area contributed by atoms with Crippen molar-refractivity contribution in [1.29, 1.82) is 0 Å². The summed E-state index contributed by atoms with van der Waals surface area (Å²) in [6.07, 6.45) is 0. The molecule has 0 atom stereocenters. The van der Waals surface area contributed by atoms with Crippen LogP contribution in [0, 0.1) is 0 Å². The van der Waals surface area contributed by atoms with Crippen LogP contribution in [0.3, 0.4) is 0 Å². The van der Waals surface area contributed by atoms with Crippen LogP contribution in [0.15, 0.2) is 30.3 Å². The number of carbonyl (C=O) groups is 1. The van der Waals surface area contributed by atoms with Crippen LogP contribution in [0.1, 0.15) is 5.56 Å². The monoisotopic (exact) mass is 204 g/mol. The molecule has 0 aliphatic carbocycles. The molecular weight excluding hydrogens is 195 g/mol. The van der Waals surface area contributed by atoms with Gasteiger partial charge >= 0.3 is 5.97 Å². The molecule has 0 fully saturated rings. The molecule has 0 radical (unpaired) electrons. The predicted octanol–water partition coefficient (Wildman–Crippen LogP) is 2.47. The third-order valence-corrected chi connectivity index (χ3v) is 1.42. The standard InChI is InChI=1S/C7H7Cl.C2H3FO2/c8-6-7-4-2-1-3-5-7;3-1-2(4)5/h1-5H,6H2;1H2,(H,4,5). The molecule has 4 heteroatoms. The molecule has 13 heavy (non-hydrogen) atoms. The van der Waals surface area contributed by atoms with Crippen LogP contribution in [0.25, 0.3) is 0 Å². The fraction of sp³-hybridized carbons (Fsp3) is 0.222. The van der Waals surface area contributed by atoms with E-state index >= 15 is 0 Å². The van der Waals surface area contributed by atoms with E-state index in [1.807, 2.05) is 30.3 Å². The summed E-state index contributed by atoms with van der Waals surface area (Å²) in [7, 11) is 0. The van der Waals surface area contributed by atoms with Crippen LogP contribution in [0.2, 0.25) is 0 Å². The highest BCUT2D eigenvalue weighted by atomic mass is 35.5. The molecular formula is C9H10ClFO2. The van der Waals surface area contributed by atoms with Crippen LogP contribution in [-0.2, 0) is 10.7 Å². The first-order chi connectivity index (χ1) is 6.20. The Morgan fingerprint density at radius 1 is 1.38 bits per heavy atom. The highest BCUT2D eigenvalue weighted by Crippen LogP contribution is 2.00. The van der Waals surface area contributed by atoms with E-state index in [2.05, 4.69) is 0 Å². The summed E-state index contributed by atoms with van der Waals surface area (Å²) < 4.78 is 10.5. The van der Waals surface area contributed by atoms with Crippen LogP contribution in [0.5, 0.6) is 0 Å². The summed E-state index contributed by atoms with van der Waals surface area (Å²) >= 11 is 5.53. The third kappa shape index (κ3) is 7.28. The molecule has 0 heterocycles. The van der Waals surface area contributed by atoms with E-state index in [0.29, 0.717) is 5.88 Å². The lowest BCUT2D eigenvalue weighted by Crippen LogP contribution is -1.93. The van der Waals surface area contributed by atoms with Gasteiger partial charge in [0.25, 0.3) is 0 Å². The summed E-state index contributed by atoms with van der Waals surface area (Å²) in [6, 6.07) is 9.96. The molecule has 0 unspecified atom stereocenters. The molecule has 1 rings (SSSR count). The number of halogens is 2. The van der Waals surface area contributed by atoms with Crippen molar-refractivity contribution in [2.45, 2.75) is 5.88 Å². The maximum atomic E-state index is 10.5. The van der Waals surface area contributed by atoms with Gasteiger partial charge in [0.2, 0.25) is 0 Å². The molecule has 0 aliphatic heterocycles. The quantitative estimate of drug-likeness (QED) is 0.752. The van der Waals surface area contributed by atoms with E-state index < -0.39 is 12.6 Å². The minimum atomic E-state index is -1.41. The van der Waals surface area contributed by atoms with Crippen molar-refractivity contribution in [1.82, 2.24) is 0 Å². The fourth-order valence-corrected chi connectivity index (χ4v) is 0.745. The lowest BCUT2D eigenvalue weighted by molar-refractivity contribution is -0.137. The Kier molecular flexibility index (Phi) is 6.92. The SMILES string of the molecule is ClCc1ccccc1.O=C(O)CF. The Hall–Kier alpha value is -1.09. The summed E-state index contributed by atoms with van der Waals surface area (Å²) in [6.45, 7) is -1.28. The maximum absolute atomic E-state index is 10.5. The largest absolute Gasteiger partial charge is 0.479 e. The molecule has 1 N–H and O–H groups in total. The first-order valence-corrected chi connectivity index (χ1v) is 4.11. The molecule has 1 aromatic rings. The van der Waals surface area contributed by atoms with Gasteiger partial charge in [-0.1, -0.05) is 30.3 Å². The van der Waals surface area contributed by atoms with E-state index in [-0.39, 0.29) is 0 Å². The number of carboxylic acids is 1. The molecule has 0 amide bonds. The average molecular weight is 205 g/mol. The van der Waals surface area contributed by atoms with Crippen molar-refractivity contribution in [2.24, 2.45) is 0 Å². The molecule has 0 aromatic heterocycles. The molecule has 0 aliphatic rings. The Balaban J connectivity index is 0.000000252. The Labute approximate surface area is 81.0 Å². The van der Waals surface area contributed by atoms with Crippen molar-refractivity contribution in [3.05, 3.63) is 35.9 Å². The topological polar surface area (TPSA) is 37.3 Å². The second kappa shape index (κ2) is 7.55. The first kappa shape index (κ1) is 11.9. The van der Waals surface area contributed by atoms with Crippen molar-refractivity contribution in [3.8, 4) is 0 Å². The van der Waals surface area contributed by atoms with Gasteiger partial charge < -0.3 is 5.11 Å². The lowest BCUT2D eigenvalue weighted by Gasteiger charge is -1.88. The van der Waals surface area contributed by atoms with Crippen molar-refractivity contribution in [3.63, 3.8) is 0 Å². The van der Waals surface area contributed by atoms with Gasteiger partial charge in [-0.15, -0.1) is 11.6 Å². The summed E-state index contributed by atoms with van der Waals surface area (Å²) in [5.74, 6) is -0.800. The summed E-state index contributed by atoms with van der Waals surface area (Å²) in [4.78, 5) is 8.99. The van der Waals surface area contributed by atoms with E-state index in [4.69, 9.17) is 21.5 Å². The predicted molar refractivity (Wildman–Crippen MR) is 49.6 cm³/mol. The number of carboxylic acid groups (broad SMARTS) is 1. The number of benzene rings is 1. The minimum absolute atomic E-state index is 0.612. The Morgan fingerprint density at radius 2 is 1.85 bits per heavy atom. The average Bonchev–Trinajstić information content (AvgIpc) is 2.20. The molecule has 72 valence electrons. The van der Waals surface area contributed by atoms with E-state index in [1.54, 1.807) is 0 Å². The Bertz CT molecular complexity index is 239. The van der Waals surface area contributed by atoms with Gasteiger partial charge in [-0.3, -0.25) is 0 Å². The van der Waals surface area contributed by atoms with Crippen LogP contribution in [-0.4, -0.2) is 17.8 Å². The fourth-order valence-electron chi connectivity index (χ4n) is 0.567. The van der Waals surface area contributed by atoms with Gasteiger partial charge in [0, 0.05) is 5.88 Å². The Morgan fingerprint density at radius 3 is 2.08 bits per heavy atom. The zero-order chi connectivity index (χ0) is 10.1. The number of hydrogen-bond acceptors (Lipinski definition) is 1. The van der Waals surface area contributed by atoms with Gasteiger partial charge in [0.1, 0.15) is 0 Å². The van der Waals surface area contributed by atoms with Crippen molar-refractivity contribution < 1.29 is 14.3 Å². The van der Waals surface area contributed by atoms with Gasteiger partial charge in [0.05, 0.1) is 0 Å². The minimum Gasteiger partial charge on any atom is -0.479 e. The van der Waals surface area contributed by atoms with E-state index in [1.165, 1.54) is 5.56 Å². The van der Waals surface area contributed by atoms with Crippen LogP contribution >= 0.6 is 11.6 Å². The van der Waals surface area contributed by atoms with Gasteiger partial charge in [-0.2, -0.15) is 0 Å². The third-order valence-electron chi connectivity index (χ3n) is 1.11. The summed E-state index contributed by atoms with van der Waals surface area (Å²) in [5.41, 5.74) is 1.18. The van der Waals surface area contributed by atoms with Crippen molar-refractivity contribution in [2.75, 3.05) is 6.67 Å². The smallest absolute Gasteiger partial charge is 0.335 e. The van der Waals surface area contributed by atoms with E-state index in [9.17, 15) is 4.39 Å². The molecule has 1 aromatic carbocycles. The number of alkyl halides is 2. The second-order valence-electron chi connectivity index (χ2n) is 2.15. The van der Waals surface area contributed by atoms with E-state index in [0.717, 1.165) is 0 Å². The van der Waals surface area contributed by atoms with Crippen LogP contribution < -0.4 is 0 Å². The highest BCUT2D eigenvalue weighted by Gasteiger charge is 1.85. The first-order valence-electron chi connectivity index (χ1n) is 3.58. The van der Waals surface area contributed by atoms with Gasteiger partial charge in [-0.05, 0) is 5.56 Å². The van der Waals surface area contributed by atoms with Gasteiger partial charge in [-0.25, -0.2) is 9.18 Å². The molecule has 0 saturated heterocycles. The molecule has 2 nitrogen and oxygen atoms in total. The molecule has 0 bridgehead atoms. The number of rotatable bonds is 2. The second-order valence-corrected chi connectivity index (χ2v) is 2.41.